The second-order valence-corrected chi connectivity index (χ2v) is 5.60. The fraction of sp³-hybridized carbons (Fsp3) is 0. The summed E-state index contributed by atoms with van der Waals surface area (Å²) in [5.74, 6) is -0.525. The Morgan fingerprint density at radius 3 is 2.58 bits per heavy atom. The third-order valence-electron chi connectivity index (χ3n) is 2.79. The number of rotatable bonds is 6. The number of nitriles is 1. The minimum absolute atomic E-state index is 0.106. The molecule has 0 saturated heterocycles. The molecule has 0 amide bonds. The SMILES string of the molecule is N#C/C(=N\Nc1cc(Sc2ccccc2)ccc1[N+](=O)[O-])C(=N)N. The molecule has 0 fully saturated rings. The van der Waals surface area contributed by atoms with E-state index < -0.39 is 10.8 Å². The van der Waals surface area contributed by atoms with Crippen LogP contribution in [0, 0.1) is 26.9 Å². The summed E-state index contributed by atoms with van der Waals surface area (Å²) in [5.41, 5.74) is 7.19. The Bertz CT molecular complexity index is 845. The Kier molecular flexibility index (Phi) is 5.49. The molecule has 0 aromatic heterocycles. The topological polar surface area (TPSA) is 141 Å². The van der Waals surface area contributed by atoms with Crippen LogP contribution in [0.4, 0.5) is 11.4 Å². The maximum absolute atomic E-state index is 11.1. The van der Waals surface area contributed by atoms with Gasteiger partial charge in [0.05, 0.1) is 4.92 Å². The van der Waals surface area contributed by atoms with Crippen molar-refractivity contribution < 1.29 is 4.92 Å². The molecule has 0 aliphatic carbocycles. The van der Waals surface area contributed by atoms with Crippen LogP contribution in [0.3, 0.4) is 0 Å². The van der Waals surface area contributed by atoms with E-state index in [4.69, 9.17) is 16.4 Å². The highest BCUT2D eigenvalue weighted by molar-refractivity contribution is 7.99. The van der Waals surface area contributed by atoms with Gasteiger partial charge in [-0.05, 0) is 24.3 Å². The van der Waals surface area contributed by atoms with Crippen molar-refractivity contribution in [2.45, 2.75) is 9.79 Å². The standard InChI is InChI=1S/C15H12N6O2S/c16-9-13(15(17)18)20-19-12-8-11(6-7-14(12)21(22)23)24-10-4-2-1-3-5-10/h1-8,19H,(H3,17,18)/b20-13+. The molecular formula is C15H12N6O2S. The molecule has 4 N–H and O–H groups in total. The van der Waals surface area contributed by atoms with Gasteiger partial charge >= 0.3 is 0 Å². The quantitative estimate of drug-likeness (QED) is 0.319. The molecule has 2 aromatic rings. The van der Waals surface area contributed by atoms with Crippen LogP contribution >= 0.6 is 11.8 Å². The van der Waals surface area contributed by atoms with E-state index in [2.05, 4.69) is 10.5 Å². The van der Waals surface area contributed by atoms with Crippen molar-refractivity contribution >= 4 is 34.7 Å². The number of nitrogens with one attached hydrogen (secondary N) is 2. The Morgan fingerprint density at radius 2 is 2.00 bits per heavy atom. The molecule has 0 aliphatic heterocycles. The van der Waals surface area contributed by atoms with Gasteiger partial charge in [0.2, 0.25) is 5.71 Å². The molecule has 0 radical (unpaired) electrons. The molecule has 0 heterocycles. The summed E-state index contributed by atoms with van der Waals surface area (Å²) >= 11 is 1.43. The average Bonchev–Trinajstić information content (AvgIpc) is 2.56. The number of hydrazone groups is 1. The van der Waals surface area contributed by atoms with Gasteiger partial charge in [0.25, 0.3) is 5.69 Å². The Morgan fingerprint density at radius 1 is 1.29 bits per heavy atom. The zero-order valence-electron chi connectivity index (χ0n) is 12.3. The van der Waals surface area contributed by atoms with Crippen LogP contribution in [0.5, 0.6) is 0 Å². The first-order valence-corrected chi connectivity index (χ1v) is 7.42. The van der Waals surface area contributed by atoms with Gasteiger partial charge < -0.3 is 5.73 Å². The molecule has 24 heavy (non-hydrogen) atoms. The Balaban J connectivity index is 2.33. The van der Waals surface area contributed by atoms with Gasteiger partial charge in [-0.3, -0.25) is 20.9 Å². The lowest BCUT2D eigenvalue weighted by Gasteiger charge is -2.06. The summed E-state index contributed by atoms with van der Waals surface area (Å²) < 4.78 is 0. The van der Waals surface area contributed by atoms with Crippen molar-refractivity contribution in [1.82, 2.24) is 0 Å². The van der Waals surface area contributed by atoms with Crippen molar-refractivity contribution in [3.8, 4) is 6.07 Å². The summed E-state index contributed by atoms with van der Waals surface area (Å²) in [6.45, 7) is 0. The van der Waals surface area contributed by atoms with E-state index in [0.29, 0.717) is 0 Å². The third-order valence-corrected chi connectivity index (χ3v) is 3.79. The number of nitro groups is 1. The lowest BCUT2D eigenvalue weighted by Crippen LogP contribution is -2.22. The van der Waals surface area contributed by atoms with Gasteiger partial charge in [-0.1, -0.05) is 30.0 Å². The number of nitrogens with two attached hydrogens (primary N) is 1. The lowest BCUT2D eigenvalue weighted by molar-refractivity contribution is -0.384. The molecule has 2 rings (SSSR count). The highest BCUT2D eigenvalue weighted by Gasteiger charge is 2.15. The van der Waals surface area contributed by atoms with Crippen molar-refractivity contribution in [2.24, 2.45) is 10.8 Å². The molecule has 2 aromatic carbocycles. The number of anilines is 1. The van der Waals surface area contributed by atoms with E-state index in [-0.39, 0.29) is 17.1 Å². The molecule has 0 aliphatic rings. The number of hydrogen-bond donors (Lipinski definition) is 3. The van der Waals surface area contributed by atoms with Crippen LogP contribution in [0.25, 0.3) is 0 Å². The largest absolute Gasteiger partial charge is 0.382 e. The molecule has 0 atom stereocenters. The summed E-state index contributed by atoms with van der Waals surface area (Å²) in [6, 6.07) is 15.7. The molecule has 9 heteroatoms. The third kappa shape index (κ3) is 4.31. The highest BCUT2D eigenvalue weighted by Crippen LogP contribution is 2.33. The maximum atomic E-state index is 11.1. The summed E-state index contributed by atoms with van der Waals surface area (Å²) in [5, 5.41) is 30.8. The molecule has 8 nitrogen and oxygen atoms in total. The first-order chi connectivity index (χ1) is 11.5. The lowest BCUT2D eigenvalue weighted by atomic mass is 10.3. The van der Waals surface area contributed by atoms with Crippen molar-refractivity contribution in [3.05, 3.63) is 58.6 Å². The molecule has 0 saturated carbocycles. The molecule has 120 valence electrons. The van der Waals surface area contributed by atoms with E-state index in [1.807, 2.05) is 30.3 Å². The monoisotopic (exact) mass is 340 g/mol. The van der Waals surface area contributed by atoms with E-state index in [0.717, 1.165) is 9.79 Å². The van der Waals surface area contributed by atoms with E-state index in [9.17, 15) is 10.1 Å². The smallest absolute Gasteiger partial charge is 0.294 e. The number of amidine groups is 1. The van der Waals surface area contributed by atoms with Crippen LogP contribution in [0.15, 0.2) is 63.4 Å². The molecule has 0 spiro atoms. The zero-order chi connectivity index (χ0) is 17.5. The second kappa shape index (κ2) is 7.75. The normalized spacial score (nSPS) is 10.7. The van der Waals surface area contributed by atoms with Gasteiger partial charge in [0.15, 0.2) is 5.84 Å². The minimum Gasteiger partial charge on any atom is -0.382 e. The highest BCUT2D eigenvalue weighted by atomic mass is 32.2. The van der Waals surface area contributed by atoms with Gasteiger partial charge in [0.1, 0.15) is 11.8 Å². The van der Waals surface area contributed by atoms with Crippen molar-refractivity contribution in [2.75, 3.05) is 5.43 Å². The number of hydrogen-bond acceptors (Lipinski definition) is 7. The van der Waals surface area contributed by atoms with Crippen LogP contribution in [0.2, 0.25) is 0 Å². The van der Waals surface area contributed by atoms with E-state index in [1.54, 1.807) is 18.2 Å². The second-order valence-electron chi connectivity index (χ2n) is 4.45. The number of nitro benzene ring substituents is 1. The van der Waals surface area contributed by atoms with Gasteiger partial charge in [-0.15, -0.1) is 0 Å². The van der Waals surface area contributed by atoms with Crippen molar-refractivity contribution in [1.29, 1.82) is 10.7 Å². The predicted molar refractivity (Wildman–Crippen MR) is 92.2 cm³/mol. The molecular weight excluding hydrogens is 328 g/mol. The van der Waals surface area contributed by atoms with Crippen LogP contribution in [0.1, 0.15) is 0 Å². The van der Waals surface area contributed by atoms with Gasteiger partial charge in [-0.25, -0.2) is 0 Å². The summed E-state index contributed by atoms with van der Waals surface area (Å²) in [7, 11) is 0. The average molecular weight is 340 g/mol. The minimum atomic E-state index is -0.561. The van der Waals surface area contributed by atoms with Gasteiger partial charge in [-0.2, -0.15) is 10.4 Å². The fourth-order valence-electron chi connectivity index (χ4n) is 1.71. The zero-order valence-corrected chi connectivity index (χ0v) is 13.1. The summed E-state index contributed by atoms with van der Waals surface area (Å²) in [6.07, 6.45) is 0. The summed E-state index contributed by atoms with van der Waals surface area (Å²) in [4.78, 5) is 12.3. The van der Waals surface area contributed by atoms with Crippen LogP contribution in [-0.2, 0) is 0 Å². The first-order valence-electron chi connectivity index (χ1n) is 6.61. The Labute approximate surface area is 141 Å². The van der Waals surface area contributed by atoms with Crippen molar-refractivity contribution in [3.63, 3.8) is 0 Å². The molecule has 0 bridgehead atoms. The number of benzene rings is 2. The first kappa shape index (κ1) is 17.0. The fourth-order valence-corrected chi connectivity index (χ4v) is 2.59. The Hall–Kier alpha value is -3.38. The van der Waals surface area contributed by atoms with Crippen LogP contribution in [-0.4, -0.2) is 16.5 Å². The predicted octanol–water partition coefficient (Wildman–Crippen LogP) is 2.97. The maximum Gasteiger partial charge on any atom is 0.294 e. The van der Waals surface area contributed by atoms with E-state index >= 15 is 0 Å². The van der Waals surface area contributed by atoms with E-state index in [1.165, 1.54) is 17.8 Å². The van der Waals surface area contributed by atoms with Gasteiger partial charge in [0, 0.05) is 15.9 Å². The van der Waals surface area contributed by atoms with Crippen LogP contribution < -0.4 is 11.2 Å². The molecule has 0 unspecified atom stereocenters. The number of nitrogens with zero attached hydrogens (tertiary/aromatic N) is 3.